The molecular weight excluding hydrogens is 126 g/mol. The molecule has 0 rings (SSSR count). The highest BCUT2D eigenvalue weighted by atomic mass is 16.1. The number of rotatable bonds is 2. The van der Waals surface area contributed by atoms with Crippen molar-refractivity contribution in [2.45, 2.75) is 13.8 Å². The second-order valence-corrected chi connectivity index (χ2v) is 1.82. The summed E-state index contributed by atoms with van der Waals surface area (Å²) in [7, 11) is 1.62. The number of carbonyl (C=O) groups is 1. The summed E-state index contributed by atoms with van der Waals surface area (Å²) in [4.78, 5) is 10.9. The van der Waals surface area contributed by atoms with Crippen molar-refractivity contribution in [3.8, 4) is 0 Å². The zero-order chi connectivity index (χ0) is 7.98. The average Bonchev–Trinajstić information content (AvgIpc) is 1.99. The van der Waals surface area contributed by atoms with E-state index in [-0.39, 0.29) is 5.91 Å². The van der Waals surface area contributed by atoms with Gasteiger partial charge in [0, 0.05) is 12.6 Å². The molecule has 0 aromatic rings. The summed E-state index contributed by atoms with van der Waals surface area (Å²) in [6.07, 6.45) is 5.39. The molecule has 0 unspecified atom stereocenters. The van der Waals surface area contributed by atoms with Crippen LogP contribution in [0.5, 0.6) is 0 Å². The van der Waals surface area contributed by atoms with Crippen LogP contribution in [0.3, 0.4) is 0 Å². The zero-order valence-corrected chi connectivity index (χ0v) is 6.64. The number of nitrogens with one attached hydrogen (secondary N) is 1. The molecule has 0 aliphatic heterocycles. The molecule has 0 radical (unpaired) electrons. The van der Waals surface area contributed by atoms with Crippen molar-refractivity contribution in [2.24, 2.45) is 0 Å². The van der Waals surface area contributed by atoms with Crippen LogP contribution in [-0.2, 0) is 4.79 Å². The molecule has 1 amide bonds. The summed E-state index contributed by atoms with van der Waals surface area (Å²) in [6, 6.07) is 0. The Morgan fingerprint density at radius 3 is 2.30 bits per heavy atom. The fourth-order valence-electron chi connectivity index (χ4n) is 0.627. The highest BCUT2D eigenvalue weighted by molar-refractivity contribution is 5.95. The quantitative estimate of drug-likeness (QED) is 0.453. The molecule has 0 saturated carbocycles. The van der Waals surface area contributed by atoms with Crippen LogP contribution in [0.1, 0.15) is 13.8 Å². The molecule has 0 saturated heterocycles. The Kier molecular flexibility index (Phi) is 4.29. The molecule has 0 atom stereocenters. The summed E-state index contributed by atoms with van der Waals surface area (Å²) in [5.41, 5.74) is 0.699. The predicted octanol–water partition coefficient (Wildman–Crippen LogP) is 1.25. The maximum atomic E-state index is 10.9. The van der Waals surface area contributed by atoms with Gasteiger partial charge in [-0.15, -0.1) is 0 Å². The molecule has 0 aromatic heterocycles. The van der Waals surface area contributed by atoms with E-state index in [1.165, 1.54) is 0 Å². The summed E-state index contributed by atoms with van der Waals surface area (Å²) in [6.45, 7) is 3.72. The van der Waals surface area contributed by atoms with Crippen LogP contribution in [0.15, 0.2) is 23.8 Å². The highest BCUT2D eigenvalue weighted by Crippen LogP contribution is 1.95. The van der Waals surface area contributed by atoms with Gasteiger partial charge in [-0.1, -0.05) is 18.2 Å². The number of carbonyl (C=O) groups excluding carboxylic acids is 1. The minimum atomic E-state index is -0.0411. The lowest BCUT2D eigenvalue weighted by atomic mass is 10.2. The van der Waals surface area contributed by atoms with E-state index in [2.05, 4.69) is 5.32 Å². The first-order chi connectivity index (χ1) is 4.76. The molecule has 0 aliphatic carbocycles. The van der Waals surface area contributed by atoms with Crippen molar-refractivity contribution in [3.63, 3.8) is 0 Å². The summed E-state index contributed by atoms with van der Waals surface area (Å²) < 4.78 is 0. The molecule has 1 N–H and O–H groups in total. The Labute approximate surface area is 61.6 Å². The van der Waals surface area contributed by atoms with Gasteiger partial charge in [-0.3, -0.25) is 4.79 Å². The molecule has 10 heavy (non-hydrogen) atoms. The number of likely N-dealkylation sites (N-methyl/N-ethyl adjacent to an activating group) is 1. The zero-order valence-electron chi connectivity index (χ0n) is 6.64. The first-order valence-electron chi connectivity index (χ1n) is 3.27. The SMILES string of the molecule is C/C=C\C(=C/C)C(=O)NC. The maximum Gasteiger partial charge on any atom is 0.250 e. The maximum absolute atomic E-state index is 10.9. The average molecular weight is 139 g/mol. The van der Waals surface area contributed by atoms with E-state index in [1.807, 2.05) is 19.9 Å². The van der Waals surface area contributed by atoms with Crippen LogP contribution in [-0.4, -0.2) is 13.0 Å². The topological polar surface area (TPSA) is 29.1 Å². The second-order valence-electron chi connectivity index (χ2n) is 1.82. The molecule has 0 bridgehead atoms. The molecule has 0 aliphatic rings. The van der Waals surface area contributed by atoms with Gasteiger partial charge < -0.3 is 5.32 Å². The predicted molar refractivity (Wildman–Crippen MR) is 42.6 cm³/mol. The molecule has 0 heterocycles. The molecule has 0 spiro atoms. The lowest BCUT2D eigenvalue weighted by Gasteiger charge is -1.96. The normalized spacial score (nSPS) is 12.1. The Morgan fingerprint density at radius 1 is 1.40 bits per heavy atom. The van der Waals surface area contributed by atoms with Crippen LogP contribution in [0.2, 0.25) is 0 Å². The van der Waals surface area contributed by atoms with E-state index >= 15 is 0 Å². The largest absolute Gasteiger partial charge is 0.355 e. The van der Waals surface area contributed by atoms with E-state index < -0.39 is 0 Å². The van der Waals surface area contributed by atoms with Crippen molar-refractivity contribution in [3.05, 3.63) is 23.8 Å². The Morgan fingerprint density at radius 2 is 2.00 bits per heavy atom. The van der Waals surface area contributed by atoms with Gasteiger partial charge in [0.25, 0.3) is 5.91 Å². The lowest BCUT2D eigenvalue weighted by Crippen LogP contribution is -2.18. The third kappa shape index (κ3) is 2.49. The first-order valence-corrected chi connectivity index (χ1v) is 3.27. The third-order valence-corrected chi connectivity index (χ3v) is 1.15. The summed E-state index contributed by atoms with van der Waals surface area (Å²) >= 11 is 0. The minimum Gasteiger partial charge on any atom is -0.355 e. The van der Waals surface area contributed by atoms with Crippen molar-refractivity contribution in [1.82, 2.24) is 5.32 Å². The Bertz CT molecular complexity index is 168. The lowest BCUT2D eigenvalue weighted by molar-refractivity contribution is -0.116. The van der Waals surface area contributed by atoms with Crippen molar-refractivity contribution >= 4 is 5.91 Å². The smallest absolute Gasteiger partial charge is 0.250 e. The van der Waals surface area contributed by atoms with Gasteiger partial charge >= 0.3 is 0 Å². The third-order valence-electron chi connectivity index (χ3n) is 1.15. The van der Waals surface area contributed by atoms with Gasteiger partial charge in [-0.2, -0.15) is 0 Å². The molecular formula is C8H13NO. The molecule has 0 aromatic carbocycles. The van der Waals surface area contributed by atoms with Crippen LogP contribution in [0, 0.1) is 0 Å². The number of allylic oxidation sites excluding steroid dienone is 2. The van der Waals surface area contributed by atoms with Gasteiger partial charge in [-0.05, 0) is 13.8 Å². The highest BCUT2D eigenvalue weighted by Gasteiger charge is 1.98. The van der Waals surface area contributed by atoms with Crippen LogP contribution < -0.4 is 5.32 Å². The molecule has 2 heteroatoms. The second kappa shape index (κ2) is 4.79. The van der Waals surface area contributed by atoms with Crippen LogP contribution in [0.4, 0.5) is 0 Å². The van der Waals surface area contributed by atoms with Gasteiger partial charge in [0.2, 0.25) is 0 Å². The first kappa shape index (κ1) is 8.95. The van der Waals surface area contributed by atoms with Crippen molar-refractivity contribution in [1.29, 1.82) is 0 Å². The summed E-state index contributed by atoms with van der Waals surface area (Å²) in [5, 5.41) is 2.54. The van der Waals surface area contributed by atoms with E-state index in [9.17, 15) is 4.79 Å². The van der Waals surface area contributed by atoms with Gasteiger partial charge in [0.1, 0.15) is 0 Å². The monoisotopic (exact) mass is 139 g/mol. The van der Waals surface area contributed by atoms with Gasteiger partial charge in [0.05, 0.1) is 0 Å². The number of amides is 1. The van der Waals surface area contributed by atoms with E-state index in [1.54, 1.807) is 19.2 Å². The van der Waals surface area contributed by atoms with Crippen molar-refractivity contribution < 1.29 is 4.79 Å². The van der Waals surface area contributed by atoms with E-state index in [4.69, 9.17) is 0 Å². The van der Waals surface area contributed by atoms with Crippen molar-refractivity contribution in [2.75, 3.05) is 7.05 Å². The fourth-order valence-corrected chi connectivity index (χ4v) is 0.627. The van der Waals surface area contributed by atoms with Gasteiger partial charge in [-0.25, -0.2) is 0 Å². The number of hydrogen-bond donors (Lipinski definition) is 1. The molecule has 0 fully saturated rings. The van der Waals surface area contributed by atoms with Crippen LogP contribution in [0.25, 0.3) is 0 Å². The standard InChI is InChI=1S/C8H13NO/c1-4-6-7(5-2)8(10)9-3/h4-6H,1-3H3,(H,9,10)/b6-4-,7-5+. The number of hydrogen-bond acceptors (Lipinski definition) is 1. The van der Waals surface area contributed by atoms with Gasteiger partial charge in [0.15, 0.2) is 0 Å². The summed E-state index contributed by atoms with van der Waals surface area (Å²) in [5.74, 6) is -0.0411. The Balaban J connectivity index is 4.23. The van der Waals surface area contributed by atoms with E-state index in [0.29, 0.717) is 5.57 Å². The fraction of sp³-hybridized carbons (Fsp3) is 0.375. The van der Waals surface area contributed by atoms with E-state index in [0.717, 1.165) is 0 Å². The molecule has 2 nitrogen and oxygen atoms in total. The minimum absolute atomic E-state index is 0.0411. The van der Waals surface area contributed by atoms with Crippen LogP contribution >= 0.6 is 0 Å². The molecule has 56 valence electrons. The Hall–Kier alpha value is -1.05.